The zero-order chi connectivity index (χ0) is 23.0. The van der Waals surface area contributed by atoms with Gasteiger partial charge in [0.25, 0.3) is 10.1 Å². The Morgan fingerprint density at radius 3 is 2.50 bits per heavy atom. The predicted molar refractivity (Wildman–Crippen MR) is 123 cm³/mol. The van der Waals surface area contributed by atoms with Crippen molar-refractivity contribution in [1.82, 2.24) is 4.98 Å². The summed E-state index contributed by atoms with van der Waals surface area (Å²) in [7, 11) is -4.38. The summed E-state index contributed by atoms with van der Waals surface area (Å²) in [5.41, 5.74) is 0.132. The maximum absolute atomic E-state index is 11.6. The Hall–Kier alpha value is -3.04. The van der Waals surface area contributed by atoms with Crippen LogP contribution in [0.25, 0.3) is 10.8 Å². The highest BCUT2D eigenvalue weighted by Crippen LogP contribution is 2.44. The highest BCUT2D eigenvalue weighted by Gasteiger charge is 2.17. The number of nitrogens with zero attached hydrogens (tertiary/aromatic N) is 3. The van der Waals surface area contributed by atoms with Crippen LogP contribution in [0.2, 0.25) is 0 Å². The van der Waals surface area contributed by atoms with Gasteiger partial charge in [-0.2, -0.15) is 8.42 Å². The second kappa shape index (κ2) is 11.0. The van der Waals surface area contributed by atoms with E-state index in [9.17, 15) is 18.1 Å². The van der Waals surface area contributed by atoms with Crippen LogP contribution in [0.3, 0.4) is 0 Å². The zero-order valence-corrected chi connectivity index (χ0v) is 18.8. The van der Waals surface area contributed by atoms with Crippen molar-refractivity contribution in [1.29, 1.82) is 0 Å². The summed E-state index contributed by atoms with van der Waals surface area (Å²) in [5.74, 6) is 0.337. The first kappa shape index (κ1) is 23.6. The lowest BCUT2D eigenvalue weighted by Crippen LogP contribution is -1.99. The minimum atomic E-state index is -4.38. The molecule has 0 unspecified atom stereocenters. The van der Waals surface area contributed by atoms with E-state index in [1.165, 1.54) is 43.5 Å². The molecule has 0 radical (unpaired) electrons. The van der Waals surface area contributed by atoms with Crippen molar-refractivity contribution in [3.05, 3.63) is 48.7 Å². The van der Waals surface area contributed by atoms with Crippen LogP contribution in [-0.2, 0) is 10.1 Å². The molecule has 2 N–H and O–H groups in total. The Morgan fingerprint density at radius 1 is 1.00 bits per heavy atom. The molecular weight excluding hydrogens is 430 g/mol. The van der Waals surface area contributed by atoms with Crippen LogP contribution in [0.1, 0.15) is 45.4 Å². The number of rotatable bonds is 11. The normalized spacial score (nSPS) is 11.9. The smallest absolute Gasteiger partial charge is 0.294 e. The van der Waals surface area contributed by atoms with Crippen LogP contribution in [0.15, 0.2) is 63.8 Å². The fourth-order valence-electron chi connectivity index (χ4n) is 3.28. The molecule has 1 heterocycles. The van der Waals surface area contributed by atoms with E-state index in [1.807, 2.05) is 0 Å². The first-order valence-electron chi connectivity index (χ1n) is 10.6. The molecule has 1 aromatic heterocycles. The molecule has 3 rings (SSSR count). The molecular formula is C23H27N3O5S. The zero-order valence-electron chi connectivity index (χ0n) is 17.9. The lowest BCUT2D eigenvalue weighted by atomic mass is 10.1. The Balaban J connectivity index is 1.91. The van der Waals surface area contributed by atoms with Crippen LogP contribution in [0, 0.1) is 0 Å². The van der Waals surface area contributed by atoms with E-state index < -0.39 is 10.1 Å². The predicted octanol–water partition coefficient (Wildman–Crippen LogP) is 6.34. The molecule has 0 aliphatic carbocycles. The summed E-state index contributed by atoms with van der Waals surface area (Å²) in [5, 5.41) is 19.9. The largest absolute Gasteiger partial charge is 0.503 e. The van der Waals surface area contributed by atoms with Gasteiger partial charge in [-0.3, -0.25) is 4.55 Å². The molecule has 0 saturated heterocycles. The quantitative estimate of drug-likeness (QED) is 0.197. The van der Waals surface area contributed by atoms with Crippen molar-refractivity contribution in [2.45, 2.75) is 50.3 Å². The summed E-state index contributed by atoms with van der Waals surface area (Å²) in [6, 6.07) is 10.7. The van der Waals surface area contributed by atoms with E-state index in [0.717, 1.165) is 19.3 Å². The molecule has 9 heteroatoms. The average molecular weight is 458 g/mol. The maximum Gasteiger partial charge on any atom is 0.294 e. The van der Waals surface area contributed by atoms with Crippen LogP contribution in [-0.4, -0.2) is 29.7 Å². The van der Waals surface area contributed by atoms with Crippen molar-refractivity contribution in [3.8, 4) is 11.5 Å². The molecule has 0 spiro atoms. The molecule has 0 atom stereocenters. The molecule has 0 aliphatic rings. The van der Waals surface area contributed by atoms with E-state index in [0.29, 0.717) is 23.2 Å². The molecule has 0 aliphatic heterocycles. The van der Waals surface area contributed by atoms with Crippen LogP contribution in [0.4, 0.5) is 11.5 Å². The van der Waals surface area contributed by atoms with Crippen LogP contribution in [0.5, 0.6) is 11.5 Å². The number of aromatic hydroxyl groups is 1. The van der Waals surface area contributed by atoms with Crippen molar-refractivity contribution in [2.24, 2.45) is 10.2 Å². The second-order valence-electron chi connectivity index (χ2n) is 7.43. The van der Waals surface area contributed by atoms with Crippen molar-refractivity contribution >= 4 is 32.4 Å². The van der Waals surface area contributed by atoms with Crippen LogP contribution >= 0.6 is 0 Å². The molecule has 0 bridgehead atoms. The van der Waals surface area contributed by atoms with E-state index >= 15 is 0 Å². The summed E-state index contributed by atoms with van der Waals surface area (Å²) in [6.45, 7) is 2.57. The van der Waals surface area contributed by atoms with Gasteiger partial charge in [-0.05, 0) is 42.1 Å². The lowest BCUT2D eigenvalue weighted by molar-refractivity contribution is 0.289. The van der Waals surface area contributed by atoms with Crippen molar-refractivity contribution in [3.63, 3.8) is 0 Å². The first-order valence-corrected chi connectivity index (χ1v) is 12.1. The van der Waals surface area contributed by atoms with Gasteiger partial charge in [-0.15, -0.1) is 10.2 Å². The number of phenols is 1. The number of hydrogen-bond donors (Lipinski definition) is 2. The maximum atomic E-state index is 11.6. The fourth-order valence-corrected chi connectivity index (χ4v) is 3.80. The average Bonchev–Trinajstić information content (AvgIpc) is 2.78. The van der Waals surface area contributed by atoms with Crippen molar-refractivity contribution in [2.75, 3.05) is 6.61 Å². The lowest BCUT2D eigenvalue weighted by Gasteiger charge is -2.12. The van der Waals surface area contributed by atoms with E-state index in [1.54, 1.807) is 24.4 Å². The van der Waals surface area contributed by atoms with Gasteiger partial charge in [-0.25, -0.2) is 4.98 Å². The number of azo groups is 1. The van der Waals surface area contributed by atoms with Gasteiger partial charge >= 0.3 is 0 Å². The topological polar surface area (TPSA) is 121 Å². The van der Waals surface area contributed by atoms with Gasteiger partial charge in [0.2, 0.25) is 0 Å². The third-order valence-electron chi connectivity index (χ3n) is 4.98. The SMILES string of the molecule is CCCCCCCCOc1cc2cc(S(=O)(=O)O)ccc2c(N=Nc2ccccn2)c1O. The Morgan fingerprint density at radius 2 is 1.78 bits per heavy atom. The Bertz CT molecular complexity index is 1180. The van der Waals surface area contributed by atoms with Gasteiger partial charge < -0.3 is 9.84 Å². The van der Waals surface area contributed by atoms with E-state index in [4.69, 9.17) is 4.74 Å². The second-order valence-corrected chi connectivity index (χ2v) is 8.86. The van der Waals surface area contributed by atoms with Gasteiger partial charge in [0, 0.05) is 11.6 Å². The summed E-state index contributed by atoms with van der Waals surface area (Å²) >= 11 is 0. The standard InChI is InChI=1S/C23H27N3O5S/c1-2-3-4-5-6-9-14-31-20-16-17-15-18(32(28,29)30)11-12-19(17)22(23(20)27)26-25-21-10-7-8-13-24-21/h7-8,10-13,15-16,27H,2-6,9,14H2,1H3,(H,28,29,30). The molecule has 0 saturated carbocycles. The minimum absolute atomic E-state index is 0.132. The highest BCUT2D eigenvalue weighted by atomic mass is 32.2. The molecule has 0 fully saturated rings. The molecule has 2 aromatic carbocycles. The third kappa shape index (κ3) is 6.24. The molecule has 8 nitrogen and oxygen atoms in total. The number of ether oxygens (including phenoxy) is 1. The summed E-state index contributed by atoms with van der Waals surface area (Å²) in [6.07, 6.45) is 8.14. The van der Waals surface area contributed by atoms with E-state index in [-0.39, 0.29) is 22.1 Å². The van der Waals surface area contributed by atoms with Gasteiger partial charge in [0.05, 0.1) is 11.5 Å². The van der Waals surface area contributed by atoms with Crippen LogP contribution < -0.4 is 4.74 Å². The monoisotopic (exact) mass is 457 g/mol. The molecule has 170 valence electrons. The van der Waals surface area contributed by atoms with E-state index in [2.05, 4.69) is 22.1 Å². The number of unbranched alkanes of at least 4 members (excludes halogenated alkanes) is 5. The molecule has 32 heavy (non-hydrogen) atoms. The number of benzene rings is 2. The first-order chi connectivity index (χ1) is 15.4. The Labute approximate surface area is 187 Å². The summed E-state index contributed by atoms with van der Waals surface area (Å²) < 4.78 is 38.3. The van der Waals surface area contributed by atoms with Gasteiger partial charge in [0.1, 0.15) is 5.69 Å². The number of aromatic nitrogens is 1. The van der Waals surface area contributed by atoms with Crippen molar-refractivity contribution < 1.29 is 22.8 Å². The minimum Gasteiger partial charge on any atom is -0.503 e. The number of phenolic OH excluding ortho intramolecular Hbond substituents is 1. The molecule has 3 aromatic rings. The third-order valence-corrected chi connectivity index (χ3v) is 5.83. The molecule has 0 amide bonds. The van der Waals surface area contributed by atoms with Gasteiger partial charge in [0.15, 0.2) is 17.3 Å². The summed E-state index contributed by atoms with van der Waals surface area (Å²) in [4.78, 5) is 3.82. The fraction of sp³-hybridized carbons (Fsp3) is 0.348. The number of pyridine rings is 1. The van der Waals surface area contributed by atoms with Gasteiger partial charge in [-0.1, -0.05) is 51.2 Å². The highest BCUT2D eigenvalue weighted by molar-refractivity contribution is 7.85. The number of fused-ring (bicyclic) bond motifs is 1. The number of hydrogen-bond acceptors (Lipinski definition) is 7. The Kier molecular flexibility index (Phi) is 8.13.